The van der Waals surface area contributed by atoms with Gasteiger partial charge in [-0.2, -0.15) is 11.8 Å². The highest BCUT2D eigenvalue weighted by Gasteiger charge is 2.16. The summed E-state index contributed by atoms with van der Waals surface area (Å²) in [4.78, 5) is 9.10. The Labute approximate surface area is 121 Å². The smallest absolute Gasteiger partial charge is 0.135 e. The van der Waals surface area contributed by atoms with Gasteiger partial charge in [0.25, 0.3) is 0 Å². The number of thioether (sulfide) groups is 1. The van der Waals surface area contributed by atoms with Crippen LogP contribution >= 0.6 is 11.8 Å². The van der Waals surface area contributed by atoms with Crippen LogP contribution in [0.2, 0.25) is 0 Å². The average molecular weight is 282 g/mol. The Kier molecular flexibility index (Phi) is 5.91. The van der Waals surface area contributed by atoms with Crippen molar-refractivity contribution in [1.82, 2.24) is 9.97 Å². The standard InChI is InChI=1S/C14H26N4S/c1-7-15-11-8-12(16-9-14(4,5)19-6)18-13(17-11)10(2)3/h8,10H,7,9H2,1-6H3,(H2,15,16,17,18). The second-order valence-corrected chi connectivity index (χ2v) is 7.01. The summed E-state index contributed by atoms with van der Waals surface area (Å²) in [5.74, 6) is 3.00. The summed E-state index contributed by atoms with van der Waals surface area (Å²) >= 11 is 1.85. The predicted octanol–water partition coefficient (Wildman–Crippen LogP) is 3.59. The molecule has 0 bridgehead atoms. The first-order valence-corrected chi connectivity index (χ1v) is 8.02. The Morgan fingerprint density at radius 3 is 2.26 bits per heavy atom. The first-order chi connectivity index (χ1) is 8.88. The van der Waals surface area contributed by atoms with E-state index in [9.17, 15) is 0 Å². The van der Waals surface area contributed by atoms with Gasteiger partial charge < -0.3 is 10.6 Å². The second kappa shape index (κ2) is 6.98. The maximum absolute atomic E-state index is 4.58. The lowest BCUT2D eigenvalue weighted by Crippen LogP contribution is -2.26. The Bertz CT molecular complexity index is 404. The summed E-state index contributed by atoms with van der Waals surface area (Å²) in [5, 5.41) is 6.68. The van der Waals surface area contributed by atoms with Crippen LogP contribution in [-0.4, -0.2) is 34.1 Å². The molecule has 0 saturated heterocycles. The molecule has 0 aliphatic heterocycles. The molecule has 1 heterocycles. The topological polar surface area (TPSA) is 49.8 Å². The van der Waals surface area contributed by atoms with Crippen molar-refractivity contribution < 1.29 is 0 Å². The van der Waals surface area contributed by atoms with E-state index in [1.807, 2.05) is 17.8 Å². The summed E-state index contributed by atoms with van der Waals surface area (Å²) in [6.45, 7) is 12.5. The molecule has 0 unspecified atom stereocenters. The van der Waals surface area contributed by atoms with Crippen molar-refractivity contribution in [3.05, 3.63) is 11.9 Å². The molecule has 0 aliphatic carbocycles. The highest BCUT2D eigenvalue weighted by molar-refractivity contribution is 7.99. The van der Waals surface area contributed by atoms with E-state index < -0.39 is 0 Å². The van der Waals surface area contributed by atoms with Gasteiger partial charge in [0.05, 0.1) is 0 Å². The molecule has 2 N–H and O–H groups in total. The molecule has 0 fully saturated rings. The monoisotopic (exact) mass is 282 g/mol. The lowest BCUT2D eigenvalue weighted by molar-refractivity contribution is 0.741. The molecule has 0 aliphatic rings. The molecule has 1 aromatic rings. The van der Waals surface area contributed by atoms with Crippen molar-refractivity contribution in [3.63, 3.8) is 0 Å². The Morgan fingerprint density at radius 1 is 1.21 bits per heavy atom. The summed E-state index contributed by atoms with van der Waals surface area (Å²) in [6.07, 6.45) is 2.13. The van der Waals surface area contributed by atoms with Crippen molar-refractivity contribution in [2.75, 3.05) is 30.0 Å². The maximum Gasteiger partial charge on any atom is 0.135 e. The number of hydrogen-bond acceptors (Lipinski definition) is 5. The number of rotatable bonds is 7. The van der Waals surface area contributed by atoms with E-state index in [1.165, 1.54) is 0 Å². The molecular weight excluding hydrogens is 256 g/mol. The highest BCUT2D eigenvalue weighted by Crippen LogP contribution is 2.22. The van der Waals surface area contributed by atoms with Crippen molar-refractivity contribution in [2.45, 2.75) is 45.3 Å². The number of hydrogen-bond donors (Lipinski definition) is 2. The van der Waals surface area contributed by atoms with Crippen LogP contribution in [0.4, 0.5) is 11.6 Å². The molecule has 0 aromatic carbocycles. The second-order valence-electron chi connectivity index (χ2n) is 5.50. The molecule has 0 radical (unpaired) electrons. The van der Waals surface area contributed by atoms with Gasteiger partial charge in [0.1, 0.15) is 17.5 Å². The zero-order chi connectivity index (χ0) is 14.5. The Hall–Kier alpha value is -0.970. The minimum absolute atomic E-state index is 0.196. The Balaban J connectivity index is 2.87. The summed E-state index contributed by atoms with van der Waals surface area (Å²) in [6, 6.07) is 1.98. The molecule has 19 heavy (non-hydrogen) atoms. The number of nitrogens with one attached hydrogen (secondary N) is 2. The van der Waals surface area contributed by atoms with Crippen LogP contribution in [-0.2, 0) is 0 Å². The minimum Gasteiger partial charge on any atom is -0.370 e. The largest absolute Gasteiger partial charge is 0.370 e. The van der Waals surface area contributed by atoms with Gasteiger partial charge in [-0.25, -0.2) is 9.97 Å². The maximum atomic E-state index is 4.58. The molecule has 1 aromatic heterocycles. The van der Waals surface area contributed by atoms with Crippen molar-refractivity contribution in [3.8, 4) is 0 Å². The van der Waals surface area contributed by atoms with Gasteiger partial charge >= 0.3 is 0 Å². The van der Waals surface area contributed by atoms with E-state index in [0.717, 1.165) is 30.5 Å². The molecule has 0 saturated carbocycles. The van der Waals surface area contributed by atoms with Gasteiger partial charge in [0.2, 0.25) is 0 Å². The summed E-state index contributed by atoms with van der Waals surface area (Å²) in [7, 11) is 0. The van der Waals surface area contributed by atoms with E-state index in [1.54, 1.807) is 0 Å². The lowest BCUT2D eigenvalue weighted by atomic mass is 10.2. The molecule has 1 rings (SSSR count). The van der Waals surface area contributed by atoms with Crippen LogP contribution < -0.4 is 10.6 Å². The fourth-order valence-electron chi connectivity index (χ4n) is 1.46. The summed E-state index contributed by atoms with van der Waals surface area (Å²) < 4.78 is 0.196. The zero-order valence-electron chi connectivity index (χ0n) is 12.9. The quantitative estimate of drug-likeness (QED) is 0.800. The third-order valence-corrected chi connectivity index (χ3v) is 4.12. The van der Waals surface area contributed by atoms with Crippen LogP contribution in [0.1, 0.15) is 46.4 Å². The van der Waals surface area contributed by atoms with Gasteiger partial charge in [0, 0.05) is 29.8 Å². The number of nitrogens with zero attached hydrogens (tertiary/aromatic N) is 2. The van der Waals surface area contributed by atoms with Gasteiger partial charge in [0.15, 0.2) is 0 Å². The van der Waals surface area contributed by atoms with Gasteiger partial charge in [-0.3, -0.25) is 0 Å². The van der Waals surface area contributed by atoms with Crippen LogP contribution in [0.3, 0.4) is 0 Å². The molecule has 0 amide bonds. The van der Waals surface area contributed by atoms with E-state index in [0.29, 0.717) is 5.92 Å². The molecule has 0 spiro atoms. The van der Waals surface area contributed by atoms with Crippen molar-refractivity contribution >= 4 is 23.4 Å². The van der Waals surface area contributed by atoms with Crippen LogP contribution in [0.5, 0.6) is 0 Å². The third kappa shape index (κ3) is 5.27. The SMILES string of the molecule is CCNc1cc(NCC(C)(C)SC)nc(C(C)C)n1. The zero-order valence-corrected chi connectivity index (χ0v) is 13.7. The molecular formula is C14H26N4S. The van der Waals surface area contributed by atoms with Gasteiger partial charge in [-0.05, 0) is 27.0 Å². The fourth-order valence-corrected chi connectivity index (χ4v) is 1.68. The number of aromatic nitrogens is 2. The average Bonchev–Trinajstić information content (AvgIpc) is 2.37. The van der Waals surface area contributed by atoms with Crippen LogP contribution in [0.25, 0.3) is 0 Å². The van der Waals surface area contributed by atoms with Crippen LogP contribution in [0.15, 0.2) is 6.07 Å². The first-order valence-electron chi connectivity index (χ1n) is 6.80. The van der Waals surface area contributed by atoms with Gasteiger partial charge in [-0.15, -0.1) is 0 Å². The summed E-state index contributed by atoms with van der Waals surface area (Å²) in [5.41, 5.74) is 0. The fraction of sp³-hybridized carbons (Fsp3) is 0.714. The number of anilines is 2. The molecule has 0 atom stereocenters. The van der Waals surface area contributed by atoms with Gasteiger partial charge in [-0.1, -0.05) is 13.8 Å². The van der Waals surface area contributed by atoms with Crippen molar-refractivity contribution in [2.24, 2.45) is 0 Å². The third-order valence-electron chi connectivity index (χ3n) is 2.87. The normalized spacial score (nSPS) is 11.7. The lowest BCUT2D eigenvalue weighted by Gasteiger charge is -2.23. The molecule has 5 heteroatoms. The molecule has 108 valence electrons. The molecule has 4 nitrogen and oxygen atoms in total. The van der Waals surface area contributed by atoms with E-state index >= 15 is 0 Å². The van der Waals surface area contributed by atoms with E-state index in [2.05, 4.69) is 61.5 Å². The predicted molar refractivity (Wildman–Crippen MR) is 86.4 cm³/mol. The van der Waals surface area contributed by atoms with E-state index in [-0.39, 0.29) is 4.75 Å². The minimum atomic E-state index is 0.196. The van der Waals surface area contributed by atoms with E-state index in [4.69, 9.17) is 0 Å². The first kappa shape index (κ1) is 16.1. The van der Waals surface area contributed by atoms with Crippen molar-refractivity contribution in [1.29, 1.82) is 0 Å². The van der Waals surface area contributed by atoms with Crippen LogP contribution in [0, 0.1) is 0 Å². The highest BCUT2D eigenvalue weighted by atomic mass is 32.2. The Morgan fingerprint density at radius 2 is 1.79 bits per heavy atom.